The third-order valence-corrected chi connectivity index (χ3v) is 3.87. The molecule has 2 aromatic heterocycles. The Hall–Kier alpha value is -2.41. The van der Waals surface area contributed by atoms with Gasteiger partial charge in [-0.05, 0) is 24.4 Å². The van der Waals surface area contributed by atoms with Gasteiger partial charge in [0.2, 0.25) is 0 Å². The molecule has 0 aromatic carbocycles. The molecule has 0 aliphatic rings. The van der Waals surface area contributed by atoms with E-state index in [-0.39, 0.29) is 24.0 Å². The molecule has 2 rings (SSSR count). The molecule has 2 heterocycles. The van der Waals surface area contributed by atoms with Gasteiger partial charge in [0.25, 0.3) is 5.91 Å². The molecule has 0 aliphatic carbocycles. The predicted molar refractivity (Wildman–Crippen MR) is 81.9 cm³/mol. The Morgan fingerprint density at radius 1 is 1.36 bits per heavy atom. The zero-order valence-corrected chi connectivity index (χ0v) is 13.1. The van der Waals surface area contributed by atoms with Crippen LogP contribution in [0.15, 0.2) is 29.8 Å². The fourth-order valence-corrected chi connectivity index (χ4v) is 2.46. The fourth-order valence-electron chi connectivity index (χ4n) is 1.81. The molecule has 0 spiro atoms. The summed E-state index contributed by atoms with van der Waals surface area (Å²) in [4.78, 5) is 35.8. The van der Waals surface area contributed by atoms with E-state index in [1.54, 1.807) is 13.2 Å². The van der Waals surface area contributed by atoms with Crippen LogP contribution in [0.2, 0.25) is 0 Å². The zero-order chi connectivity index (χ0) is 16.1. The number of nitrogens with one attached hydrogen (secondary N) is 1. The zero-order valence-electron chi connectivity index (χ0n) is 12.3. The molecular weight excluding hydrogens is 304 g/mol. The summed E-state index contributed by atoms with van der Waals surface area (Å²) in [5, 5.41) is 4.58. The van der Waals surface area contributed by atoms with E-state index in [2.05, 4.69) is 5.32 Å². The Morgan fingerprint density at radius 2 is 2.14 bits per heavy atom. The lowest BCUT2D eigenvalue weighted by molar-refractivity contribution is -0.124. The van der Waals surface area contributed by atoms with Crippen molar-refractivity contribution in [3.05, 3.63) is 45.9 Å². The van der Waals surface area contributed by atoms with Gasteiger partial charge in [0.05, 0.1) is 6.54 Å². The Balaban J connectivity index is 1.84. The number of amides is 1. The molecule has 0 aliphatic heterocycles. The van der Waals surface area contributed by atoms with E-state index >= 15 is 0 Å². The normalized spacial score (nSPS) is 10.3. The molecule has 0 atom stereocenters. The Labute approximate surface area is 131 Å². The Kier molecular flexibility index (Phi) is 5.11. The summed E-state index contributed by atoms with van der Waals surface area (Å²) in [6, 6.07) is 5.26. The molecule has 1 amide bonds. The van der Waals surface area contributed by atoms with Gasteiger partial charge in [-0.2, -0.15) is 0 Å². The quantitative estimate of drug-likeness (QED) is 0.650. The van der Waals surface area contributed by atoms with Gasteiger partial charge in [-0.25, -0.2) is 4.79 Å². The molecule has 0 saturated carbocycles. The van der Waals surface area contributed by atoms with Crippen molar-refractivity contribution in [3.8, 4) is 0 Å². The van der Waals surface area contributed by atoms with Gasteiger partial charge < -0.3 is 14.6 Å². The molecule has 0 radical (unpaired) electrons. The fraction of sp³-hybridized carbons (Fsp3) is 0.267. The van der Waals surface area contributed by atoms with Gasteiger partial charge in [0.15, 0.2) is 12.4 Å². The van der Waals surface area contributed by atoms with Gasteiger partial charge in [0, 0.05) is 23.7 Å². The second-order valence-electron chi connectivity index (χ2n) is 4.71. The van der Waals surface area contributed by atoms with E-state index in [1.165, 1.54) is 28.9 Å². The van der Waals surface area contributed by atoms with Crippen LogP contribution in [-0.2, 0) is 23.1 Å². The first kappa shape index (κ1) is 16.0. The highest BCUT2D eigenvalue weighted by Crippen LogP contribution is 2.10. The standard InChI is InChI=1S/C15H16N2O4S/c1-10(18)11-6-13(17(2)8-11)15(20)21-9-14(19)16-7-12-4-3-5-22-12/h3-6,8H,7,9H2,1-2H3,(H,16,19). The van der Waals surface area contributed by atoms with Crippen LogP contribution in [0, 0.1) is 0 Å². The lowest BCUT2D eigenvalue weighted by atomic mass is 10.2. The largest absolute Gasteiger partial charge is 0.451 e. The molecule has 0 unspecified atom stereocenters. The lowest BCUT2D eigenvalue weighted by Crippen LogP contribution is -2.28. The number of thiophene rings is 1. The van der Waals surface area contributed by atoms with E-state index in [4.69, 9.17) is 4.74 Å². The lowest BCUT2D eigenvalue weighted by Gasteiger charge is -2.06. The van der Waals surface area contributed by atoms with Crippen molar-refractivity contribution in [1.82, 2.24) is 9.88 Å². The van der Waals surface area contributed by atoms with Gasteiger partial charge in [0.1, 0.15) is 5.69 Å². The van der Waals surface area contributed by atoms with Crippen molar-refractivity contribution in [2.24, 2.45) is 7.05 Å². The summed E-state index contributed by atoms with van der Waals surface area (Å²) < 4.78 is 6.46. The molecular formula is C15H16N2O4S. The number of hydrogen-bond donors (Lipinski definition) is 1. The maximum absolute atomic E-state index is 11.9. The van der Waals surface area contributed by atoms with E-state index in [0.717, 1.165) is 4.88 Å². The first-order valence-corrected chi connectivity index (χ1v) is 7.49. The van der Waals surface area contributed by atoms with Crippen LogP contribution in [-0.4, -0.2) is 28.8 Å². The maximum Gasteiger partial charge on any atom is 0.355 e. The highest BCUT2D eigenvalue weighted by Gasteiger charge is 2.16. The highest BCUT2D eigenvalue weighted by molar-refractivity contribution is 7.09. The molecule has 22 heavy (non-hydrogen) atoms. The summed E-state index contributed by atoms with van der Waals surface area (Å²) in [6.07, 6.45) is 1.55. The van der Waals surface area contributed by atoms with Gasteiger partial charge in [-0.1, -0.05) is 6.07 Å². The van der Waals surface area contributed by atoms with Crippen molar-refractivity contribution in [3.63, 3.8) is 0 Å². The minimum Gasteiger partial charge on any atom is -0.451 e. The number of rotatable bonds is 6. The predicted octanol–water partition coefficient (Wildman–Crippen LogP) is 1.76. The second kappa shape index (κ2) is 7.04. The average Bonchev–Trinajstić information content (AvgIpc) is 3.11. The number of carbonyl (C=O) groups is 3. The number of esters is 1. The van der Waals surface area contributed by atoms with Crippen molar-refractivity contribution >= 4 is 29.0 Å². The number of hydrogen-bond acceptors (Lipinski definition) is 5. The minimum atomic E-state index is -0.638. The minimum absolute atomic E-state index is 0.136. The van der Waals surface area contributed by atoms with E-state index < -0.39 is 5.97 Å². The highest BCUT2D eigenvalue weighted by atomic mass is 32.1. The monoisotopic (exact) mass is 320 g/mol. The summed E-state index contributed by atoms with van der Waals surface area (Å²) in [7, 11) is 1.64. The first-order chi connectivity index (χ1) is 10.5. The number of nitrogens with zero attached hydrogens (tertiary/aromatic N) is 1. The number of ether oxygens (including phenoxy) is 1. The van der Waals surface area contributed by atoms with Crippen LogP contribution in [0.1, 0.15) is 32.6 Å². The average molecular weight is 320 g/mol. The number of aryl methyl sites for hydroxylation is 1. The second-order valence-corrected chi connectivity index (χ2v) is 5.75. The van der Waals surface area contributed by atoms with Crippen LogP contribution in [0.3, 0.4) is 0 Å². The number of aromatic nitrogens is 1. The van der Waals surface area contributed by atoms with Gasteiger partial charge >= 0.3 is 5.97 Å². The maximum atomic E-state index is 11.9. The molecule has 1 N–H and O–H groups in total. The summed E-state index contributed by atoms with van der Waals surface area (Å²) in [5.74, 6) is -1.15. The van der Waals surface area contributed by atoms with E-state index in [1.807, 2.05) is 17.5 Å². The van der Waals surface area contributed by atoms with Crippen LogP contribution >= 0.6 is 11.3 Å². The molecule has 6 nitrogen and oxygen atoms in total. The van der Waals surface area contributed by atoms with Crippen LogP contribution in [0.5, 0.6) is 0 Å². The van der Waals surface area contributed by atoms with Gasteiger partial charge in [-0.15, -0.1) is 11.3 Å². The van der Waals surface area contributed by atoms with E-state index in [9.17, 15) is 14.4 Å². The third kappa shape index (κ3) is 4.05. The molecule has 116 valence electrons. The Bertz CT molecular complexity index is 688. The molecule has 0 saturated heterocycles. The summed E-state index contributed by atoms with van der Waals surface area (Å²) in [6.45, 7) is 1.47. The summed E-state index contributed by atoms with van der Waals surface area (Å²) >= 11 is 1.54. The van der Waals surface area contributed by atoms with Crippen LogP contribution < -0.4 is 5.32 Å². The number of Topliss-reactive ketones (excluding diaryl/α,β-unsaturated/α-hetero) is 1. The first-order valence-electron chi connectivity index (χ1n) is 6.61. The smallest absolute Gasteiger partial charge is 0.355 e. The topological polar surface area (TPSA) is 77.4 Å². The van der Waals surface area contributed by atoms with Crippen molar-refractivity contribution in [2.75, 3.05) is 6.61 Å². The number of ketones is 1. The van der Waals surface area contributed by atoms with Crippen LogP contribution in [0.25, 0.3) is 0 Å². The molecule has 0 fully saturated rings. The van der Waals surface area contributed by atoms with Crippen molar-refractivity contribution in [2.45, 2.75) is 13.5 Å². The van der Waals surface area contributed by atoms with Crippen molar-refractivity contribution in [1.29, 1.82) is 0 Å². The summed E-state index contributed by atoms with van der Waals surface area (Å²) in [5.41, 5.74) is 0.660. The molecule has 0 bridgehead atoms. The SMILES string of the molecule is CC(=O)c1cc(C(=O)OCC(=O)NCc2cccs2)n(C)c1. The molecule has 2 aromatic rings. The van der Waals surface area contributed by atoms with E-state index in [0.29, 0.717) is 12.1 Å². The third-order valence-electron chi connectivity index (χ3n) is 2.99. The van der Waals surface area contributed by atoms with Crippen molar-refractivity contribution < 1.29 is 19.1 Å². The molecule has 7 heteroatoms. The Morgan fingerprint density at radius 3 is 2.73 bits per heavy atom. The number of carbonyl (C=O) groups excluding carboxylic acids is 3. The van der Waals surface area contributed by atoms with Gasteiger partial charge in [-0.3, -0.25) is 9.59 Å². The van der Waals surface area contributed by atoms with Crippen LogP contribution in [0.4, 0.5) is 0 Å².